The van der Waals surface area contributed by atoms with Crippen LogP contribution in [0.5, 0.6) is 5.75 Å². The molecule has 0 unspecified atom stereocenters. The molecule has 0 amide bonds. The number of hydroxylamine groups is 1. The Morgan fingerprint density at radius 2 is 2.04 bits per heavy atom. The number of aliphatic hydroxyl groups excluding tert-OH is 1. The molecule has 2 aromatic rings. The van der Waals surface area contributed by atoms with Crippen molar-refractivity contribution < 1.29 is 19.5 Å². The predicted octanol–water partition coefficient (Wildman–Crippen LogP) is 1.000. The molecule has 1 aromatic heterocycles. The Kier molecular flexibility index (Phi) is 4.91. The second kappa shape index (κ2) is 6.88. The lowest BCUT2D eigenvalue weighted by molar-refractivity contribution is -0.465. The molecule has 1 heterocycles. The van der Waals surface area contributed by atoms with E-state index in [1.807, 2.05) is 0 Å². The number of hydrogen-bond donors (Lipinski definition) is 1. The van der Waals surface area contributed by atoms with Crippen LogP contribution in [0, 0.1) is 15.3 Å². The largest absolute Gasteiger partial charge is 0.624 e. The second-order valence-corrected chi connectivity index (χ2v) is 4.81. The van der Waals surface area contributed by atoms with E-state index in [4.69, 9.17) is 4.74 Å². The van der Waals surface area contributed by atoms with Crippen LogP contribution < -0.4 is 4.74 Å². The Hall–Kier alpha value is -2.94. The summed E-state index contributed by atoms with van der Waals surface area (Å²) in [7, 11) is 2.97. The molecule has 2 rings (SSSR count). The molecule has 0 saturated carbocycles. The van der Waals surface area contributed by atoms with Crippen LogP contribution in [-0.2, 0) is 7.05 Å². The van der Waals surface area contributed by atoms with Gasteiger partial charge >= 0.3 is 5.82 Å². The van der Waals surface area contributed by atoms with Crippen molar-refractivity contribution in [2.75, 3.05) is 13.7 Å². The molecule has 0 aliphatic carbocycles. The van der Waals surface area contributed by atoms with Crippen molar-refractivity contribution in [2.24, 2.45) is 7.05 Å². The first-order chi connectivity index (χ1) is 10.9. The number of methoxy groups -OCH3 is 1. The molecule has 9 nitrogen and oxygen atoms in total. The van der Waals surface area contributed by atoms with Crippen LogP contribution in [-0.4, -0.2) is 44.2 Å². The van der Waals surface area contributed by atoms with Gasteiger partial charge in [-0.1, -0.05) is 12.1 Å². The SMILES string of the molecule is COc1ccc([C@@H](O)C/[N+]([O-])=C/c2ncc([N+](=O)[O-])n2C)cc1. The van der Waals surface area contributed by atoms with Crippen LogP contribution in [0.4, 0.5) is 5.82 Å². The van der Waals surface area contributed by atoms with Gasteiger partial charge in [-0.25, -0.2) is 14.3 Å². The predicted molar refractivity (Wildman–Crippen MR) is 81.5 cm³/mol. The zero-order valence-corrected chi connectivity index (χ0v) is 12.6. The fourth-order valence-corrected chi connectivity index (χ4v) is 1.99. The number of nitrogens with zero attached hydrogens (tertiary/aromatic N) is 4. The van der Waals surface area contributed by atoms with E-state index in [1.165, 1.54) is 18.7 Å². The van der Waals surface area contributed by atoms with Crippen molar-refractivity contribution in [3.05, 3.63) is 57.2 Å². The van der Waals surface area contributed by atoms with Gasteiger partial charge in [0.05, 0.1) is 14.2 Å². The van der Waals surface area contributed by atoms with Crippen molar-refractivity contribution >= 4 is 12.0 Å². The van der Waals surface area contributed by atoms with Gasteiger partial charge in [0.25, 0.3) is 5.82 Å². The fourth-order valence-electron chi connectivity index (χ4n) is 1.99. The Labute approximate surface area is 131 Å². The third-order valence-corrected chi connectivity index (χ3v) is 3.30. The molecule has 0 spiro atoms. The first kappa shape index (κ1) is 16.4. The van der Waals surface area contributed by atoms with Crippen LogP contribution in [0.3, 0.4) is 0 Å². The quantitative estimate of drug-likeness (QED) is 0.279. The highest BCUT2D eigenvalue weighted by atomic mass is 16.6. The molecule has 23 heavy (non-hydrogen) atoms. The summed E-state index contributed by atoms with van der Waals surface area (Å²) in [5.74, 6) is 0.556. The highest BCUT2D eigenvalue weighted by Crippen LogP contribution is 2.17. The molecule has 1 aromatic carbocycles. The smallest absolute Gasteiger partial charge is 0.343 e. The summed E-state index contributed by atoms with van der Waals surface area (Å²) in [5, 5.41) is 32.7. The van der Waals surface area contributed by atoms with Gasteiger partial charge in [-0.05, 0) is 22.6 Å². The number of nitro groups is 1. The van der Waals surface area contributed by atoms with Crippen LogP contribution in [0.1, 0.15) is 17.5 Å². The summed E-state index contributed by atoms with van der Waals surface area (Å²) in [6.07, 6.45) is 1.16. The topological polar surface area (TPSA) is 116 Å². The third-order valence-electron chi connectivity index (χ3n) is 3.30. The first-order valence-electron chi connectivity index (χ1n) is 6.69. The van der Waals surface area contributed by atoms with Gasteiger partial charge < -0.3 is 25.2 Å². The molecule has 0 aliphatic rings. The summed E-state index contributed by atoms with van der Waals surface area (Å²) in [4.78, 5) is 13.9. The van der Waals surface area contributed by atoms with Crippen LogP contribution in [0.25, 0.3) is 0 Å². The standard InChI is InChI=1S/C14H16N4O5/c1-16-13(15-7-14(16)18(21)22)9-17(20)8-12(19)10-3-5-11(23-2)6-4-10/h3-7,9,12,19H,8H2,1-2H3/b17-9-/t12-/m0/s1. The van der Waals surface area contributed by atoms with Gasteiger partial charge in [-0.15, -0.1) is 0 Å². The summed E-state index contributed by atoms with van der Waals surface area (Å²) < 4.78 is 6.69. The lowest BCUT2D eigenvalue weighted by Gasteiger charge is -2.11. The van der Waals surface area contributed by atoms with Gasteiger partial charge in [-0.3, -0.25) is 0 Å². The van der Waals surface area contributed by atoms with E-state index in [-0.39, 0.29) is 18.2 Å². The maximum Gasteiger partial charge on any atom is 0.343 e. The van der Waals surface area contributed by atoms with Gasteiger partial charge in [0.1, 0.15) is 18.1 Å². The molecule has 0 radical (unpaired) electrons. The maximum atomic E-state index is 11.9. The van der Waals surface area contributed by atoms with E-state index in [1.54, 1.807) is 24.3 Å². The lowest BCUT2D eigenvalue weighted by Crippen LogP contribution is -2.17. The Bertz CT molecular complexity index is 723. The highest BCUT2D eigenvalue weighted by molar-refractivity contribution is 5.71. The number of aliphatic hydroxyl groups is 1. The van der Waals surface area contributed by atoms with E-state index in [0.717, 1.165) is 12.4 Å². The fraction of sp³-hybridized carbons (Fsp3) is 0.286. The number of rotatable bonds is 6. The molecule has 1 N–H and O–H groups in total. The van der Waals surface area contributed by atoms with E-state index in [0.29, 0.717) is 16.1 Å². The second-order valence-electron chi connectivity index (χ2n) is 4.81. The van der Waals surface area contributed by atoms with E-state index < -0.39 is 11.0 Å². The van der Waals surface area contributed by atoms with Crippen LogP contribution >= 0.6 is 0 Å². The van der Waals surface area contributed by atoms with Gasteiger partial charge in [0.15, 0.2) is 6.54 Å². The Morgan fingerprint density at radius 3 is 2.57 bits per heavy atom. The molecule has 9 heteroatoms. The summed E-state index contributed by atoms with van der Waals surface area (Å²) >= 11 is 0. The molecule has 1 atom stereocenters. The molecule has 0 bridgehead atoms. The van der Waals surface area contributed by atoms with E-state index >= 15 is 0 Å². The average Bonchev–Trinajstić information content (AvgIpc) is 2.88. The summed E-state index contributed by atoms with van der Waals surface area (Å²) in [6, 6.07) is 6.67. The van der Waals surface area contributed by atoms with Crippen molar-refractivity contribution in [3.8, 4) is 5.75 Å². The zero-order valence-electron chi connectivity index (χ0n) is 12.6. The number of benzene rings is 1. The van der Waals surface area contributed by atoms with Crippen molar-refractivity contribution in [1.29, 1.82) is 0 Å². The zero-order chi connectivity index (χ0) is 17.0. The van der Waals surface area contributed by atoms with Gasteiger partial charge in [0.2, 0.25) is 6.21 Å². The molecule has 0 fully saturated rings. The molecular formula is C14H16N4O5. The van der Waals surface area contributed by atoms with Gasteiger partial charge in [-0.2, -0.15) is 0 Å². The molecular weight excluding hydrogens is 304 g/mol. The molecule has 122 valence electrons. The Balaban J connectivity index is 2.10. The lowest BCUT2D eigenvalue weighted by atomic mass is 10.1. The third kappa shape index (κ3) is 3.83. The molecule has 0 saturated heterocycles. The normalized spacial score (nSPS) is 12.9. The number of hydrogen-bond acceptors (Lipinski definition) is 6. The van der Waals surface area contributed by atoms with Crippen molar-refractivity contribution in [1.82, 2.24) is 9.55 Å². The summed E-state index contributed by atoms with van der Waals surface area (Å²) in [5.41, 5.74) is 0.561. The Morgan fingerprint density at radius 1 is 1.39 bits per heavy atom. The van der Waals surface area contributed by atoms with Crippen LogP contribution in [0.15, 0.2) is 30.5 Å². The average molecular weight is 320 g/mol. The van der Waals surface area contributed by atoms with E-state index in [2.05, 4.69) is 4.98 Å². The van der Waals surface area contributed by atoms with Crippen molar-refractivity contribution in [3.63, 3.8) is 0 Å². The maximum absolute atomic E-state index is 11.9. The van der Waals surface area contributed by atoms with Crippen molar-refractivity contribution in [2.45, 2.75) is 6.10 Å². The number of aromatic nitrogens is 2. The van der Waals surface area contributed by atoms with Crippen LogP contribution in [0.2, 0.25) is 0 Å². The van der Waals surface area contributed by atoms with E-state index in [9.17, 15) is 20.4 Å². The molecule has 0 aliphatic heterocycles. The monoisotopic (exact) mass is 320 g/mol. The minimum Gasteiger partial charge on any atom is -0.624 e. The highest BCUT2D eigenvalue weighted by Gasteiger charge is 2.18. The van der Waals surface area contributed by atoms with Gasteiger partial charge in [0, 0.05) is 0 Å². The minimum absolute atomic E-state index is 0.133. The summed E-state index contributed by atoms with van der Waals surface area (Å²) in [6.45, 7) is -0.229. The number of imidazole rings is 1. The first-order valence-corrected chi connectivity index (χ1v) is 6.69. The minimum atomic E-state index is -1.01. The number of ether oxygens (including phenoxy) is 1.